The van der Waals surface area contributed by atoms with Crippen LogP contribution in [0.15, 0.2) is 18.3 Å². The van der Waals surface area contributed by atoms with Crippen molar-refractivity contribution in [2.24, 2.45) is 5.92 Å². The minimum absolute atomic E-state index is 0.723. The summed E-state index contributed by atoms with van der Waals surface area (Å²) < 4.78 is 0. The third-order valence-corrected chi connectivity index (χ3v) is 2.26. The molecule has 0 amide bonds. The lowest BCUT2D eigenvalue weighted by molar-refractivity contribution is 0.593. The average Bonchev–Trinajstić information content (AvgIpc) is 2.16. The van der Waals surface area contributed by atoms with Crippen molar-refractivity contribution >= 4 is 5.69 Å². The second kappa shape index (κ2) is 4.85. The van der Waals surface area contributed by atoms with Crippen molar-refractivity contribution in [3.8, 4) is 0 Å². The van der Waals surface area contributed by atoms with Crippen LogP contribution in [0.25, 0.3) is 0 Å². The second-order valence-electron chi connectivity index (χ2n) is 3.58. The Labute approximate surface area is 80.4 Å². The zero-order valence-corrected chi connectivity index (χ0v) is 8.67. The summed E-state index contributed by atoms with van der Waals surface area (Å²) >= 11 is 0. The molecule has 0 aliphatic carbocycles. The van der Waals surface area contributed by atoms with E-state index in [1.165, 1.54) is 6.42 Å². The molecule has 0 saturated carbocycles. The van der Waals surface area contributed by atoms with Gasteiger partial charge in [-0.1, -0.05) is 20.3 Å². The lowest BCUT2D eigenvalue weighted by Crippen LogP contribution is -2.10. The van der Waals surface area contributed by atoms with Crippen LogP contribution in [-0.2, 0) is 0 Å². The van der Waals surface area contributed by atoms with Crippen molar-refractivity contribution in [3.63, 3.8) is 0 Å². The zero-order chi connectivity index (χ0) is 9.68. The summed E-state index contributed by atoms with van der Waals surface area (Å²) in [5.74, 6) is 0.723. The molecule has 1 aromatic rings. The van der Waals surface area contributed by atoms with Crippen LogP contribution in [0.5, 0.6) is 0 Å². The standard InChI is InChI=1S/C11H18N2/c1-4-9(2)7-13-11-6-5-10(3)12-8-11/h5-6,8-9,13H,4,7H2,1-3H3/t9-/m1/s1. The first kappa shape index (κ1) is 10.0. The van der Waals surface area contributed by atoms with Crippen molar-refractivity contribution in [1.82, 2.24) is 4.98 Å². The smallest absolute Gasteiger partial charge is 0.0527 e. The summed E-state index contributed by atoms with van der Waals surface area (Å²) in [5, 5.41) is 3.36. The van der Waals surface area contributed by atoms with Gasteiger partial charge in [0.2, 0.25) is 0 Å². The molecular formula is C11H18N2. The van der Waals surface area contributed by atoms with Crippen LogP contribution >= 0.6 is 0 Å². The van der Waals surface area contributed by atoms with Gasteiger partial charge in [-0.25, -0.2) is 0 Å². The summed E-state index contributed by atoms with van der Waals surface area (Å²) in [5.41, 5.74) is 2.18. The third kappa shape index (κ3) is 3.45. The Hall–Kier alpha value is -1.05. The first-order chi connectivity index (χ1) is 6.22. The highest BCUT2D eigenvalue weighted by Gasteiger charge is 1.97. The highest BCUT2D eigenvalue weighted by Crippen LogP contribution is 2.07. The minimum atomic E-state index is 0.723. The largest absolute Gasteiger partial charge is 0.384 e. The normalized spacial score (nSPS) is 12.5. The molecule has 1 atom stereocenters. The van der Waals surface area contributed by atoms with Gasteiger partial charge >= 0.3 is 0 Å². The summed E-state index contributed by atoms with van der Waals surface area (Å²) in [6.45, 7) is 7.48. The van der Waals surface area contributed by atoms with Gasteiger partial charge in [-0.15, -0.1) is 0 Å². The van der Waals surface area contributed by atoms with E-state index in [1.807, 2.05) is 19.2 Å². The molecule has 0 bridgehead atoms. The van der Waals surface area contributed by atoms with Crippen LogP contribution in [0.4, 0.5) is 5.69 Å². The third-order valence-electron chi connectivity index (χ3n) is 2.26. The molecule has 0 saturated heterocycles. The van der Waals surface area contributed by atoms with E-state index in [1.54, 1.807) is 0 Å². The van der Waals surface area contributed by atoms with Gasteiger partial charge in [-0.3, -0.25) is 4.98 Å². The molecule has 72 valence electrons. The van der Waals surface area contributed by atoms with Crippen molar-refractivity contribution in [1.29, 1.82) is 0 Å². The first-order valence-electron chi connectivity index (χ1n) is 4.89. The molecule has 2 nitrogen and oxygen atoms in total. The Bertz CT molecular complexity index is 241. The molecular weight excluding hydrogens is 160 g/mol. The number of hydrogen-bond donors (Lipinski definition) is 1. The Kier molecular flexibility index (Phi) is 3.74. The number of rotatable bonds is 4. The second-order valence-corrected chi connectivity index (χ2v) is 3.58. The maximum atomic E-state index is 4.22. The Morgan fingerprint density at radius 3 is 2.77 bits per heavy atom. The SMILES string of the molecule is CC[C@@H](C)CNc1ccc(C)nc1. The molecule has 0 radical (unpaired) electrons. The molecule has 13 heavy (non-hydrogen) atoms. The van der Waals surface area contributed by atoms with Gasteiger partial charge in [-0.2, -0.15) is 0 Å². The predicted octanol–water partition coefficient (Wildman–Crippen LogP) is 2.85. The monoisotopic (exact) mass is 178 g/mol. The summed E-state index contributed by atoms with van der Waals surface area (Å²) in [4.78, 5) is 4.22. The quantitative estimate of drug-likeness (QED) is 0.766. The molecule has 1 N–H and O–H groups in total. The van der Waals surface area contributed by atoms with Gasteiger partial charge in [0.05, 0.1) is 11.9 Å². The first-order valence-corrected chi connectivity index (χ1v) is 4.89. The van der Waals surface area contributed by atoms with E-state index >= 15 is 0 Å². The Balaban J connectivity index is 2.41. The van der Waals surface area contributed by atoms with Crippen molar-refractivity contribution in [2.75, 3.05) is 11.9 Å². The van der Waals surface area contributed by atoms with Crippen molar-refractivity contribution < 1.29 is 0 Å². The predicted molar refractivity (Wildman–Crippen MR) is 56.9 cm³/mol. The summed E-state index contributed by atoms with van der Waals surface area (Å²) in [7, 11) is 0. The van der Waals surface area contributed by atoms with Gasteiger partial charge in [0, 0.05) is 12.2 Å². The van der Waals surface area contributed by atoms with Crippen LogP contribution in [0, 0.1) is 12.8 Å². The molecule has 0 aromatic carbocycles. The number of nitrogens with one attached hydrogen (secondary N) is 1. The van der Waals surface area contributed by atoms with Crippen molar-refractivity contribution in [2.45, 2.75) is 27.2 Å². The number of pyridine rings is 1. The topological polar surface area (TPSA) is 24.9 Å². The van der Waals surface area contributed by atoms with Crippen LogP contribution in [0.2, 0.25) is 0 Å². The van der Waals surface area contributed by atoms with Crippen LogP contribution in [0.3, 0.4) is 0 Å². The summed E-state index contributed by atoms with van der Waals surface area (Å²) in [6.07, 6.45) is 3.10. The van der Waals surface area contributed by atoms with Gasteiger partial charge in [0.25, 0.3) is 0 Å². The molecule has 0 aliphatic heterocycles. The van der Waals surface area contributed by atoms with Crippen molar-refractivity contribution in [3.05, 3.63) is 24.0 Å². The number of hydrogen-bond acceptors (Lipinski definition) is 2. The van der Waals surface area contributed by atoms with E-state index in [4.69, 9.17) is 0 Å². The number of nitrogens with zero attached hydrogens (tertiary/aromatic N) is 1. The van der Waals surface area contributed by atoms with Crippen LogP contribution in [0.1, 0.15) is 26.0 Å². The highest BCUT2D eigenvalue weighted by atomic mass is 14.9. The molecule has 2 heteroatoms. The summed E-state index contributed by atoms with van der Waals surface area (Å²) in [6, 6.07) is 4.10. The lowest BCUT2D eigenvalue weighted by Gasteiger charge is -2.10. The average molecular weight is 178 g/mol. The van der Waals surface area contributed by atoms with E-state index in [2.05, 4.69) is 30.2 Å². The molecule has 1 heterocycles. The zero-order valence-electron chi connectivity index (χ0n) is 8.67. The number of aromatic nitrogens is 1. The molecule has 0 unspecified atom stereocenters. The molecule has 0 aliphatic rings. The fourth-order valence-electron chi connectivity index (χ4n) is 1.01. The fourth-order valence-corrected chi connectivity index (χ4v) is 1.01. The lowest BCUT2D eigenvalue weighted by atomic mass is 10.1. The Morgan fingerprint density at radius 2 is 2.23 bits per heavy atom. The van der Waals surface area contributed by atoms with E-state index in [-0.39, 0.29) is 0 Å². The van der Waals surface area contributed by atoms with E-state index in [0.717, 1.165) is 23.8 Å². The van der Waals surface area contributed by atoms with E-state index in [9.17, 15) is 0 Å². The van der Waals surface area contributed by atoms with Gasteiger partial charge in [-0.05, 0) is 25.0 Å². The maximum Gasteiger partial charge on any atom is 0.0527 e. The maximum absolute atomic E-state index is 4.22. The number of aryl methyl sites for hydroxylation is 1. The van der Waals surface area contributed by atoms with Gasteiger partial charge in [0.15, 0.2) is 0 Å². The van der Waals surface area contributed by atoms with Gasteiger partial charge in [0.1, 0.15) is 0 Å². The highest BCUT2D eigenvalue weighted by molar-refractivity contribution is 5.40. The fraction of sp³-hybridized carbons (Fsp3) is 0.545. The molecule has 1 aromatic heterocycles. The molecule has 0 fully saturated rings. The number of anilines is 1. The van der Waals surface area contributed by atoms with Crippen LogP contribution in [-0.4, -0.2) is 11.5 Å². The van der Waals surface area contributed by atoms with Crippen LogP contribution < -0.4 is 5.32 Å². The van der Waals surface area contributed by atoms with E-state index in [0.29, 0.717) is 0 Å². The molecule has 1 rings (SSSR count). The molecule has 0 spiro atoms. The van der Waals surface area contributed by atoms with Gasteiger partial charge < -0.3 is 5.32 Å². The minimum Gasteiger partial charge on any atom is -0.384 e. The van der Waals surface area contributed by atoms with E-state index < -0.39 is 0 Å². The Morgan fingerprint density at radius 1 is 1.46 bits per heavy atom.